The first-order valence-corrected chi connectivity index (χ1v) is 9.66. The first-order valence-electron chi connectivity index (χ1n) is 9.66. The Balaban J connectivity index is 1.66. The van der Waals surface area contributed by atoms with Gasteiger partial charge < -0.3 is 0 Å². The first-order chi connectivity index (χ1) is 13.8. The quantitative estimate of drug-likeness (QED) is 0.669. The number of benzene rings is 1. The predicted octanol–water partition coefficient (Wildman–Crippen LogP) is 2.56. The number of hydrogen-bond acceptors (Lipinski definition) is 5. The number of amides is 2. The lowest BCUT2D eigenvalue weighted by atomic mass is 9.92. The van der Waals surface area contributed by atoms with Gasteiger partial charge in [0, 0.05) is 30.9 Å². The number of aromatic nitrogens is 4. The van der Waals surface area contributed by atoms with Crippen LogP contribution in [0, 0.1) is 0 Å². The topological polar surface area (TPSA) is 84.2 Å². The second kappa shape index (κ2) is 6.95. The van der Waals surface area contributed by atoms with Crippen molar-refractivity contribution in [1.82, 2.24) is 30.0 Å². The van der Waals surface area contributed by atoms with Gasteiger partial charge in [0.1, 0.15) is 5.69 Å². The summed E-state index contributed by atoms with van der Waals surface area (Å²) in [7, 11) is 1.75. The average Bonchev–Trinajstić information content (AvgIpc) is 3.33. The zero-order chi connectivity index (χ0) is 20.8. The highest BCUT2D eigenvalue weighted by Gasteiger charge is 2.34. The van der Waals surface area contributed by atoms with Gasteiger partial charge in [0.25, 0.3) is 11.8 Å². The number of hydrazine groups is 1. The molecule has 8 heteroatoms. The number of rotatable bonds is 2. The summed E-state index contributed by atoms with van der Waals surface area (Å²) in [6.07, 6.45) is 2.19. The van der Waals surface area contributed by atoms with Crippen molar-refractivity contribution in [2.45, 2.75) is 32.6 Å². The summed E-state index contributed by atoms with van der Waals surface area (Å²) in [5.74, 6) is -0.479. The molecular weight excluding hydrogens is 368 g/mol. The standard InChI is InChI=1S/C21H24N6O2/c1-21(2,3)18-12-17(25(4)24-18)20(29)27-11-7-10-26(27)19(28)15-13-22-23-16-9-6-5-8-14(15)16/h5-6,8-9,12-13H,7,10-11H2,1-4H3. The average molecular weight is 392 g/mol. The van der Waals surface area contributed by atoms with E-state index in [-0.39, 0.29) is 17.2 Å². The van der Waals surface area contributed by atoms with Gasteiger partial charge in [0.05, 0.1) is 23.0 Å². The van der Waals surface area contributed by atoms with Gasteiger partial charge in [-0.3, -0.25) is 14.3 Å². The van der Waals surface area contributed by atoms with Gasteiger partial charge in [-0.05, 0) is 18.6 Å². The van der Waals surface area contributed by atoms with Crippen LogP contribution < -0.4 is 0 Å². The minimum Gasteiger partial charge on any atom is -0.267 e. The van der Waals surface area contributed by atoms with Crippen LogP contribution in [0.5, 0.6) is 0 Å². The molecule has 3 heterocycles. The van der Waals surface area contributed by atoms with Gasteiger partial charge >= 0.3 is 0 Å². The molecule has 1 saturated heterocycles. The molecule has 4 rings (SSSR count). The van der Waals surface area contributed by atoms with E-state index in [1.807, 2.05) is 30.3 Å². The summed E-state index contributed by atoms with van der Waals surface area (Å²) in [6, 6.07) is 9.18. The molecule has 2 aromatic heterocycles. The molecule has 0 spiro atoms. The van der Waals surface area contributed by atoms with Crippen molar-refractivity contribution >= 4 is 22.7 Å². The third-order valence-corrected chi connectivity index (χ3v) is 5.14. The molecule has 0 saturated carbocycles. The van der Waals surface area contributed by atoms with Gasteiger partial charge in [-0.1, -0.05) is 39.0 Å². The smallest absolute Gasteiger partial charge is 0.267 e. The molecule has 0 aliphatic carbocycles. The van der Waals surface area contributed by atoms with E-state index >= 15 is 0 Å². The Morgan fingerprint density at radius 2 is 1.72 bits per heavy atom. The largest absolute Gasteiger partial charge is 0.290 e. The third-order valence-electron chi connectivity index (χ3n) is 5.14. The van der Waals surface area contributed by atoms with Crippen molar-refractivity contribution in [3.63, 3.8) is 0 Å². The molecule has 8 nitrogen and oxygen atoms in total. The normalized spacial score (nSPS) is 14.6. The molecule has 1 aromatic carbocycles. The lowest BCUT2D eigenvalue weighted by Crippen LogP contribution is -2.45. The van der Waals surface area contributed by atoms with Crippen LogP contribution in [0.1, 0.15) is 53.7 Å². The fourth-order valence-corrected chi connectivity index (χ4v) is 3.52. The molecule has 150 valence electrons. The molecule has 0 radical (unpaired) electrons. The van der Waals surface area contributed by atoms with E-state index in [2.05, 4.69) is 36.1 Å². The van der Waals surface area contributed by atoms with Crippen LogP contribution in [0.15, 0.2) is 36.5 Å². The molecule has 0 N–H and O–H groups in total. The molecule has 0 unspecified atom stereocenters. The van der Waals surface area contributed by atoms with Crippen molar-refractivity contribution in [2.24, 2.45) is 7.05 Å². The highest BCUT2D eigenvalue weighted by Crippen LogP contribution is 2.25. The molecule has 29 heavy (non-hydrogen) atoms. The van der Waals surface area contributed by atoms with Crippen molar-refractivity contribution in [1.29, 1.82) is 0 Å². The maximum atomic E-state index is 13.3. The van der Waals surface area contributed by atoms with E-state index in [9.17, 15) is 9.59 Å². The van der Waals surface area contributed by atoms with E-state index in [0.29, 0.717) is 29.9 Å². The highest BCUT2D eigenvalue weighted by molar-refractivity contribution is 6.06. The van der Waals surface area contributed by atoms with Crippen LogP contribution in [-0.2, 0) is 12.5 Å². The number of fused-ring (bicyclic) bond motifs is 1. The monoisotopic (exact) mass is 392 g/mol. The summed E-state index contributed by atoms with van der Waals surface area (Å²) >= 11 is 0. The Morgan fingerprint density at radius 1 is 1.03 bits per heavy atom. The second-order valence-corrected chi connectivity index (χ2v) is 8.27. The van der Waals surface area contributed by atoms with Gasteiger partial charge in [-0.25, -0.2) is 10.0 Å². The summed E-state index contributed by atoms with van der Waals surface area (Å²) in [6.45, 7) is 7.12. The summed E-state index contributed by atoms with van der Waals surface area (Å²) in [5, 5.41) is 16.3. The minimum atomic E-state index is -0.250. The maximum absolute atomic E-state index is 13.3. The third kappa shape index (κ3) is 3.35. The lowest BCUT2D eigenvalue weighted by molar-refractivity contribution is 0.0180. The Kier molecular flexibility index (Phi) is 4.56. The maximum Gasteiger partial charge on any atom is 0.290 e. The first kappa shape index (κ1) is 19.0. The lowest BCUT2D eigenvalue weighted by Gasteiger charge is -2.28. The van der Waals surface area contributed by atoms with Crippen LogP contribution >= 0.6 is 0 Å². The van der Waals surface area contributed by atoms with Crippen LogP contribution in [0.2, 0.25) is 0 Å². The zero-order valence-corrected chi connectivity index (χ0v) is 17.1. The Labute approximate surface area is 169 Å². The Bertz CT molecular complexity index is 1090. The fourth-order valence-electron chi connectivity index (χ4n) is 3.52. The van der Waals surface area contributed by atoms with Crippen LogP contribution in [0.4, 0.5) is 0 Å². The van der Waals surface area contributed by atoms with Crippen molar-refractivity contribution in [3.05, 3.63) is 53.5 Å². The SMILES string of the molecule is Cn1nc(C(C)(C)C)cc1C(=O)N1CCCN1C(=O)c1cnnc2ccccc12. The highest BCUT2D eigenvalue weighted by atomic mass is 16.2. The van der Waals surface area contributed by atoms with Crippen LogP contribution in [-0.4, -0.2) is 54.9 Å². The predicted molar refractivity (Wildman–Crippen MR) is 108 cm³/mol. The molecule has 1 fully saturated rings. The van der Waals surface area contributed by atoms with E-state index < -0.39 is 0 Å². The molecule has 1 aliphatic rings. The fraction of sp³-hybridized carbons (Fsp3) is 0.381. The van der Waals surface area contributed by atoms with Gasteiger partial charge in [-0.2, -0.15) is 15.3 Å². The van der Waals surface area contributed by atoms with Crippen molar-refractivity contribution in [3.8, 4) is 0 Å². The van der Waals surface area contributed by atoms with E-state index in [1.54, 1.807) is 11.7 Å². The number of carbonyl (C=O) groups excluding carboxylic acids is 2. The molecular formula is C21H24N6O2. The molecule has 2 amide bonds. The zero-order valence-electron chi connectivity index (χ0n) is 17.1. The van der Waals surface area contributed by atoms with Gasteiger partial charge in [0.2, 0.25) is 0 Å². The molecule has 0 atom stereocenters. The Morgan fingerprint density at radius 3 is 2.41 bits per heavy atom. The van der Waals surface area contributed by atoms with Gasteiger partial charge in [0.15, 0.2) is 0 Å². The van der Waals surface area contributed by atoms with E-state index in [4.69, 9.17) is 0 Å². The van der Waals surface area contributed by atoms with Gasteiger partial charge in [-0.15, -0.1) is 0 Å². The number of hydrogen-bond donors (Lipinski definition) is 0. The van der Waals surface area contributed by atoms with Crippen molar-refractivity contribution in [2.75, 3.05) is 13.1 Å². The number of nitrogens with zero attached hydrogens (tertiary/aromatic N) is 6. The molecule has 3 aromatic rings. The number of carbonyl (C=O) groups is 2. The van der Waals surface area contributed by atoms with E-state index in [1.165, 1.54) is 16.2 Å². The minimum absolute atomic E-state index is 0.168. The second-order valence-electron chi connectivity index (χ2n) is 8.27. The summed E-state index contributed by atoms with van der Waals surface area (Å²) in [4.78, 5) is 26.6. The van der Waals surface area contributed by atoms with Crippen LogP contribution in [0.3, 0.4) is 0 Å². The van der Waals surface area contributed by atoms with Crippen LogP contribution in [0.25, 0.3) is 10.9 Å². The van der Waals surface area contributed by atoms with Crippen molar-refractivity contribution < 1.29 is 9.59 Å². The molecule has 1 aliphatic heterocycles. The number of aryl methyl sites for hydroxylation is 1. The summed E-state index contributed by atoms with van der Waals surface area (Å²) < 4.78 is 1.59. The van der Waals surface area contributed by atoms with E-state index in [0.717, 1.165) is 17.5 Å². The molecule has 0 bridgehead atoms. The summed E-state index contributed by atoms with van der Waals surface area (Å²) in [5.41, 5.74) is 2.22. The Hall–Kier alpha value is -3.29.